The van der Waals surface area contributed by atoms with Gasteiger partial charge in [0.05, 0.1) is 7.11 Å². The number of ether oxygens (including phenoxy) is 1. The molecule has 0 aliphatic rings. The van der Waals surface area contributed by atoms with Crippen molar-refractivity contribution in [3.8, 4) is 5.75 Å². The zero-order chi connectivity index (χ0) is 24.2. The first-order valence-corrected chi connectivity index (χ1v) is 10.8. The molecule has 0 spiro atoms. The largest absolute Gasteiger partial charge is 0.493 e. The van der Waals surface area contributed by atoms with Crippen LogP contribution >= 0.6 is 0 Å². The normalized spacial score (nSPS) is 10.7. The molecule has 0 saturated heterocycles. The summed E-state index contributed by atoms with van der Waals surface area (Å²) in [6.07, 6.45) is 3.21. The minimum Gasteiger partial charge on any atom is -0.493 e. The van der Waals surface area contributed by atoms with Gasteiger partial charge in [-0.3, -0.25) is 4.79 Å². The van der Waals surface area contributed by atoms with Crippen LogP contribution in [0.2, 0.25) is 0 Å². The standard InChI is InChI=1S/C26H22N6O3/c1-16-10-11-27-22(12-16)32-24-14-23(28-15-29-24)30-18-6-8-19(9-7-18)31-26(33)21-13-17-4-3-5-20(34-2)25(17)35-21/h3-15H,1-2H3,(H,31,33)(H2,27,28,29,30,32). The summed E-state index contributed by atoms with van der Waals surface area (Å²) in [5.74, 6) is 2.37. The average molecular weight is 467 g/mol. The summed E-state index contributed by atoms with van der Waals surface area (Å²) in [5.41, 5.74) is 3.07. The molecule has 174 valence electrons. The van der Waals surface area contributed by atoms with E-state index in [0.717, 1.165) is 16.6 Å². The Hall–Kier alpha value is -4.92. The number of nitrogens with zero attached hydrogens (tertiary/aromatic N) is 3. The lowest BCUT2D eigenvalue weighted by Crippen LogP contribution is -2.10. The predicted molar refractivity (Wildman–Crippen MR) is 135 cm³/mol. The van der Waals surface area contributed by atoms with Crippen molar-refractivity contribution in [3.05, 3.63) is 90.6 Å². The summed E-state index contributed by atoms with van der Waals surface area (Å²) >= 11 is 0. The molecule has 0 saturated carbocycles. The molecule has 9 nitrogen and oxygen atoms in total. The number of rotatable bonds is 7. The SMILES string of the molecule is COc1cccc2cc(C(=O)Nc3ccc(Nc4cc(Nc5cc(C)ccn5)ncn4)cc3)oc12. The van der Waals surface area contributed by atoms with Crippen LogP contribution in [0.15, 0.2) is 83.7 Å². The molecule has 3 N–H and O–H groups in total. The van der Waals surface area contributed by atoms with Gasteiger partial charge in [-0.15, -0.1) is 0 Å². The van der Waals surface area contributed by atoms with Gasteiger partial charge in [0.1, 0.15) is 23.8 Å². The smallest absolute Gasteiger partial charge is 0.291 e. The van der Waals surface area contributed by atoms with Crippen LogP contribution in [0.4, 0.5) is 28.8 Å². The van der Waals surface area contributed by atoms with Crippen molar-refractivity contribution >= 4 is 45.7 Å². The molecule has 5 aromatic rings. The van der Waals surface area contributed by atoms with Crippen molar-refractivity contribution in [2.75, 3.05) is 23.1 Å². The third-order valence-electron chi connectivity index (χ3n) is 5.21. The highest BCUT2D eigenvalue weighted by Crippen LogP contribution is 2.29. The number of amides is 1. The Bertz CT molecular complexity index is 1500. The number of pyridine rings is 1. The third kappa shape index (κ3) is 5.03. The first-order valence-electron chi connectivity index (χ1n) is 10.8. The lowest BCUT2D eigenvalue weighted by Gasteiger charge is -2.09. The number of aryl methyl sites for hydroxylation is 1. The number of furan rings is 1. The van der Waals surface area contributed by atoms with Crippen molar-refractivity contribution in [3.63, 3.8) is 0 Å². The van der Waals surface area contributed by atoms with Crippen molar-refractivity contribution in [1.29, 1.82) is 0 Å². The molecular weight excluding hydrogens is 444 g/mol. The topological polar surface area (TPSA) is 114 Å². The molecule has 0 fully saturated rings. The molecule has 2 aromatic carbocycles. The number of aromatic nitrogens is 3. The Morgan fingerprint density at radius 3 is 2.37 bits per heavy atom. The molecule has 35 heavy (non-hydrogen) atoms. The number of para-hydroxylation sites is 1. The number of carbonyl (C=O) groups excluding carboxylic acids is 1. The van der Waals surface area contributed by atoms with Crippen LogP contribution in [0.1, 0.15) is 16.1 Å². The van der Waals surface area contributed by atoms with Gasteiger partial charge < -0.3 is 25.1 Å². The monoisotopic (exact) mass is 466 g/mol. The first-order chi connectivity index (χ1) is 17.1. The maximum atomic E-state index is 12.7. The van der Waals surface area contributed by atoms with Crippen LogP contribution in [-0.4, -0.2) is 28.0 Å². The second kappa shape index (κ2) is 9.52. The van der Waals surface area contributed by atoms with E-state index < -0.39 is 0 Å². The fraction of sp³-hybridized carbons (Fsp3) is 0.0769. The van der Waals surface area contributed by atoms with Gasteiger partial charge in [-0.2, -0.15) is 0 Å². The molecule has 0 unspecified atom stereocenters. The zero-order valence-electron chi connectivity index (χ0n) is 19.1. The molecule has 0 bridgehead atoms. The molecule has 3 heterocycles. The van der Waals surface area contributed by atoms with Crippen molar-refractivity contribution in [1.82, 2.24) is 15.0 Å². The summed E-state index contributed by atoms with van der Waals surface area (Å²) in [5, 5.41) is 10.0. The van der Waals surface area contributed by atoms with Gasteiger partial charge >= 0.3 is 0 Å². The molecule has 3 aromatic heterocycles. The quantitative estimate of drug-likeness (QED) is 0.281. The summed E-state index contributed by atoms with van der Waals surface area (Å²) < 4.78 is 11.0. The Balaban J connectivity index is 1.24. The van der Waals surface area contributed by atoms with Gasteiger partial charge in [-0.1, -0.05) is 12.1 Å². The van der Waals surface area contributed by atoms with E-state index in [0.29, 0.717) is 34.5 Å². The van der Waals surface area contributed by atoms with Crippen LogP contribution in [0.25, 0.3) is 11.0 Å². The van der Waals surface area contributed by atoms with Gasteiger partial charge in [0, 0.05) is 29.0 Å². The maximum absolute atomic E-state index is 12.7. The Morgan fingerprint density at radius 2 is 1.60 bits per heavy atom. The van der Waals surface area contributed by atoms with Crippen LogP contribution in [0.5, 0.6) is 5.75 Å². The van der Waals surface area contributed by atoms with E-state index in [1.807, 2.05) is 43.3 Å². The molecule has 5 rings (SSSR count). The minimum atomic E-state index is -0.347. The number of methoxy groups -OCH3 is 1. The number of nitrogens with one attached hydrogen (secondary N) is 3. The third-order valence-corrected chi connectivity index (χ3v) is 5.21. The summed E-state index contributed by atoms with van der Waals surface area (Å²) in [6, 6.07) is 20.1. The van der Waals surface area contributed by atoms with E-state index in [2.05, 4.69) is 30.9 Å². The highest BCUT2D eigenvalue weighted by atomic mass is 16.5. The van der Waals surface area contributed by atoms with Gasteiger partial charge in [0.15, 0.2) is 17.1 Å². The maximum Gasteiger partial charge on any atom is 0.291 e. The average Bonchev–Trinajstić information content (AvgIpc) is 3.30. The summed E-state index contributed by atoms with van der Waals surface area (Å²) in [6.45, 7) is 2.00. The van der Waals surface area contributed by atoms with E-state index in [1.165, 1.54) is 6.33 Å². The molecule has 1 amide bonds. The first kappa shape index (κ1) is 21.9. The van der Waals surface area contributed by atoms with E-state index >= 15 is 0 Å². The number of hydrogen-bond acceptors (Lipinski definition) is 8. The highest BCUT2D eigenvalue weighted by molar-refractivity contribution is 6.05. The zero-order valence-corrected chi connectivity index (χ0v) is 19.1. The number of hydrogen-bond donors (Lipinski definition) is 3. The van der Waals surface area contributed by atoms with E-state index in [4.69, 9.17) is 9.15 Å². The molecule has 9 heteroatoms. The summed E-state index contributed by atoms with van der Waals surface area (Å²) in [4.78, 5) is 25.5. The van der Waals surface area contributed by atoms with E-state index in [-0.39, 0.29) is 11.7 Å². The lowest BCUT2D eigenvalue weighted by atomic mass is 10.2. The van der Waals surface area contributed by atoms with Crippen molar-refractivity contribution < 1.29 is 13.9 Å². The Morgan fingerprint density at radius 1 is 0.857 bits per heavy atom. The Labute approximate surface area is 201 Å². The van der Waals surface area contributed by atoms with Gasteiger partial charge in [0.25, 0.3) is 5.91 Å². The van der Waals surface area contributed by atoms with Crippen LogP contribution < -0.4 is 20.7 Å². The van der Waals surface area contributed by atoms with E-state index in [1.54, 1.807) is 43.6 Å². The van der Waals surface area contributed by atoms with Gasteiger partial charge in [0.2, 0.25) is 0 Å². The predicted octanol–water partition coefficient (Wildman–Crippen LogP) is 5.67. The highest BCUT2D eigenvalue weighted by Gasteiger charge is 2.15. The number of benzene rings is 2. The second-order valence-electron chi connectivity index (χ2n) is 7.78. The minimum absolute atomic E-state index is 0.204. The fourth-order valence-electron chi connectivity index (χ4n) is 3.52. The van der Waals surface area contributed by atoms with Gasteiger partial charge in [-0.25, -0.2) is 15.0 Å². The van der Waals surface area contributed by atoms with Crippen LogP contribution in [0, 0.1) is 6.92 Å². The van der Waals surface area contributed by atoms with Crippen LogP contribution in [0.3, 0.4) is 0 Å². The lowest BCUT2D eigenvalue weighted by molar-refractivity contribution is 0.0998. The Kier molecular flexibility index (Phi) is 5.96. The molecule has 0 aliphatic carbocycles. The number of carbonyl (C=O) groups is 1. The van der Waals surface area contributed by atoms with Gasteiger partial charge in [-0.05, 0) is 61.0 Å². The van der Waals surface area contributed by atoms with Crippen molar-refractivity contribution in [2.45, 2.75) is 6.92 Å². The van der Waals surface area contributed by atoms with Crippen LogP contribution in [-0.2, 0) is 0 Å². The van der Waals surface area contributed by atoms with Crippen molar-refractivity contribution in [2.24, 2.45) is 0 Å². The molecule has 0 radical (unpaired) electrons. The molecule has 0 atom stereocenters. The summed E-state index contributed by atoms with van der Waals surface area (Å²) in [7, 11) is 1.56. The molecule has 0 aliphatic heterocycles. The fourth-order valence-corrected chi connectivity index (χ4v) is 3.52. The number of fused-ring (bicyclic) bond motifs is 1. The molecular formula is C26H22N6O3. The second-order valence-corrected chi connectivity index (χ2v) is 7.78. The van der Waals surface area contributed by atoms with E-state index in [9.17, 15) is 4.79 Å². The number of anilines is 5.